The molecule has 4 saturated heterocycles. The van der Waals surface area contributed by atoms with E-state index in [0.717, 1.165) is 39.3 Å². The molecule has 35 heavy (non-hydrogen) atoms. The standard InChI is InChI=1S/C25H44N4O4.ClH.H2O/c1-26-16-20-6-3-7-21(17-26)28(20)12-14-32-24(30)10-5-11-25(31)33-15-13-29-22-8-4-9-23(29)19-27(2)18-22;;/h20-23H,3-19H2,1-2H3;1H;1H2. The highest BCUT2D eigenvalue weighted by atomic mass is 35.5. The normalized spacial score (nSPS) is 29.5. The summed E-state index contributed by atoms with van der Waals surface area (Å²) in [6, 6.07) is 2.39. The lowest BCUT2D eigenvalue weighted by Gasteiger charge is -2.49. The molecule has 4 rings (SSSR count). The number of nitrogens with zero attached hydrogens (tertiary/aromatic N) is 4. The van der Waals surface area contributed by atoms with Crippen LogP contribution in [-0.2, 0) is 19.1 Å². The van der Waals surface area contributed by atoms with Crippen molar-refractivity contribution in [3.05, 3.63) is 0 Å². The fourth-order valence-corrected chi connectivity index (χ4v) is 6.59. The molecule has 9 nitrogen and oxygen atoms in total. The van der Waals surface area contributed by atoms with Crippen molar-refractivity contribution in [1.29, 1.82) is 0 Å². The van der Waals surface area contributed by atoms with E-state index in [-0.39, 0.29) is 42.7 Å². The molecule has 0 aromatic carbocycles. The van der Waals surface area contributed by atoms with Crippen LogP contribution in [0.2, 0.25) is 0 Å². The van der Waals surface area contributed by atoms with Crippen LogP contribution in [0.3, 0.4) is 0 Å². The fourth-order valence-electron chi connectivity index (χ4n) is 6.59. The molecule has 2 N–H and O–H groups in total. The molecule has 0 spiro atoms. The van der Waals surface area contributed by atoms with Gasteiger partial charge in [0.25, 0.3) is 0 Å². The van der Waals surface area contributed by atoms with Gasteiger partial charge in [0.15, 0.2) is 0 Å². The number of carbonyl (C=O) groups excluding carboxylic acids is 2. The number of likely N-dealkylation sites (N-methyl/N-ethyl adjacent to an activating group) is 2. The van der Waals surface area contributed by atoms with Crippen LogP contribution in [0.15, 0.2) is 0 Å². The highest BCUT2D eigenvalue weighted by molar-refractivity contribution is 5.85. The van der Waals surface area contributed by atoms with E-state index in [0.29, 0.717) is 43.8 Å². The molecule has 0 aromatic rings. The number of piperidine rings is 2. The van der Waals surface area contributed by atoms with E-state index < -0.39 is 0 Å². The van der Waals surface area contributed by atoms with Gasteiger partial charge < -0.3 is 24.7 Å². The van der Waals surface area contributed by atoms with Crippen LogP contribution in [-0.4, -0.2) is 128 Å². The maximum Gasteiger partial charge on any atom is 0.305 e. The molecular weight excluding hydrogens is 472 g/mol. The maximum absolute atomic E-state index is 12.1. The molecule has 0 saturated carbocycles. The lowest BCUT2D eigenvalue weighted by Crippen LogP contribution is -2.60. The summed E-state index contributed by atoms with van der Waals surface area (Å²) >= 11 is 0. The second-order valence-electron chi connectivity index (χ2n) is 10.7. The third kappa shape index (κ3) is 8.54. The van der Waals surface area contributed by atoms with Crippen LogP contribution in [0, 0.1) is 0 Å². The minimum absolute atomic E-state index is 0. The van der Waals surface area contributed by atoms with E-state index in [1.165, 1.54) is 38.5 Å². The summed E-state index contributed by atoms with van der Waals surface area (Å²) in [5, 5.41) is 0. The summed E-state index contributed by atoms with van der Waals surface area (Å²) in [4.78, 5) is 34.2. The van der Waals surface area contributed by atoms with Crippen LogP contribution in [0.5, 0.6) is 0 Å². The van der Waals surface area contributed by atoms with Crippen LogP contribution in [0.1, 0.15) is 57.8 Å². The number of hydrogen-bond donors (Lipinski definition) is 0. The Morgan fingerprint density at radius 2 is 1.03 bits per heavy atom. The Kier molecular flexibility index (Phi) is 12.7. The number of likely N-dealkylation sites (tertiary alicyclic amines) is 2. The summed E-state index contributed by atoms with van der Waals surface area (Å²) in [5.74, 6) is -0.403. The minimum Gasteiger partial charge on any atom is -0.464 e. The zero-order chi connectivity index (χ0) is 23.2. The van der Waals surface area contributed by atoms with Crippen LogP contribution in [0.25, 0.3) is 0 Å². The Morgan fingerprint density at radius 3 is 1.37 bits per heavy atom. The number of piperazine rings is 2. The topological polar surface area (TPSA) is 97.1 Å². The van der Waals surface area contributed by atoms with Crippen molar-refractivity contribution in [3.8, 4) is 0 Å². The number of rotatable bonds is 10. The third-order valence-corrected chi connectivity index (χ3v) is 8.10. The molecule has 4 heterocycles. The molecule has 0 radical (unpaired) electrons. The van der Waals surface area contributed by atoms with Crippen molar-refractivity contribution < 1.29 is 24.5 Å². The monoisotopic (exact) mass is 518 g/mol. The summed E-state index contributed by atoms with van der Waals surface area (Å²) in [6.07, 6.45) is 8.66. The Bertz CT molecular complexity index is 590. The number of hydrogen-bond acceptors (Lipinski definition) is 8. The molecule has 4 unspecified atom stereocenters. The van der Waals surface area contributed by atoms with Crippen molar-refractivity contribution in [3.63, 3.8) is 0 Å². The van der Waals surface area contributed by atoms with Gasteiger partial charge >= 0.3 is 11.9 Å². The largest absolute Gasteiger partial charge is 0.464 e. The van der Waals surface area contributed by atoms with Crippen LogP contribution >= 0.6 is 12.4 Å². The van der Waals surface area contributed by atoms with E-state index in [4.69, 9.17) is 9.47 Å². The quantitative estimate of drug-likeness (QED) is 0.398. The molecule has 4 aliphatic heterocycles. The van der Waals surface area contributed by atoms with E-state index in [2.05, 4.69) is 33.7 Å². The lowest BCUT2D eigenvalue weighted by molar-refractivity contribution is -0.146. The predicted octanol–water partition coefficient (Wildman–Crippen LogP) is 1.18. The average molecular weight is 519 g/mol. The SMILES string of the molecule is CN1CC2CCCC(C1)N2CCOC(=O)CCCC(=O)OCCN1C2CCCC1CN(C)C2.Cl.O. The molecular formula is C25H47ClN4O5. The van der Waals surface area contributed by atoms with Gasteiger partial charge in [-0.05, 0) is 46.2 Å². The highest BCUT2D eigenvalue weighted by Gasteiger charge is 2.36. The third-order valence-electron chi connectivity index (χ3n) is 8.10. The van der Waals surface area contributed by atoms with Gasteiger partial charge in [-0.3, -0.25) is 19.4 Å². The van der Waals surface area contributed by atoms with Crippen molar-refractivity contribution in [2.24, 2.45) is 0 Å². The molecule has 204 valence electrons. The summed E-state index contributed by atoms with van der Waals surface area (Å²) in [7, 11) is 4.40. The predicted molar refractivity (Wildman–Crippen MR) is 138 cm³/mol. The Morgan fingerprint density at radius 1 is 0.686 bits per heavy atom. The van der Waals surface area contributed by atoms with Crippen LogP contribution < -0.4 is 0 Å². The average Bonchev–Trinajstić information content (AvgIpc) is 2.74. The van der Waals surface area contributed by atoms with Gasteiger partial charge in [-0.15, -0.1) is 12.4 Å². The zero-order valence-electron chi connectivity index (χ0n) is 21.7. The first-order valence-corrected chi connectivity index (χ1v) is 13.2. The minimum atomic E-state index is -0.202. The first-order valence-electron chi connectivity index (χ1n) is 13.2. The molecule has 0 aromatic heterocycles. The maximum atomic E-state index is 12.1. The van der Waals surface area contributed by atoms with Crippen molar-refractivity contribution in [1.82, 2.24) is 19.6 Å². The zero-order valence-corrected chi connectivity index (χ0v) is 22.5. The number of ether oxygens (including phenoxy) is 2. The highest BCUT2D eigenvalue weighted by Crippen LogP contribution is 2.28. The van der Waals surface area contributed by atoms with Gasteiger partial charge in [0.1, 0.15) is 13.2 Å². The second-order valence-corrected chi connectivity index (χ2v) is 10.7. The van der Waals surface area contributed by atoms with Gasteiger partial charge in [0, 0.05) is 76.3 Å². The first-order chi connectivity index (χ1) is 16.0. The molecule has 4 aliphatic rings. The molecule has 0 amide bonds. The number of esters is 2. The number of fused-ring (bicyclic) bond motifs is 4. The van der Waals surface area contributed by atoms with Crippen molar-refractivity contribution in [2.75, 3.05) is 66.6 Å². The van der Waals surface area contributed by atoms with Gasteiger partial charge in [0.05, 0.1) is 0 Å². The van der Waals surface area contributed by atoms with Crippen molar-refractivity contribution >= 4 is 24.3 Å². The van der Waals surface area contributed by atoms with Gasteiger partial charge in [-0.2, -0.15) is 0 Å². The Hall–Kier alpha value is -0.970. The first kappa shape index (κ1) is 30.3. The van der Waals surface area contributed by atoms with Gasteiger partial charge in [0.2, 0.25) is 0 Å². The van der Waals surface area contributed by atoms with Crippen LogP contribution in [0.4, 0.5) is 0 Å². The van der Waals surface area contributed by atoms with E-state index >= 15 is 0 Å². The van der Waals surface area contributed by atoms with Gasteiger partial charge in [-0.25, -0.2) is 0 Å². The number of halogens is 1. The summed E-state index contributed by atoms with van der Waals surface area (Å²) in [6.45, 7) is 7.01. The van der Waals surface area contributed by atoms with Gasteiger partial charge in [-0.1, -0.05) is 12.8 Å². The summed E-state index contributed by atoms with van der Waals surface area (Å²) in [5.41, 5.74) is 0. The van der Waals surface area contributed by atoms with E-state index in [1.807, 2.05) is 0 Å². The molecule has 4 bridgehead atoms. The fraction of sp³-hybridized carbons (Fsp3) is 0.920. The Balaban J connectivity index is 0.00000216. The van der Waals surface area contributed by atoms with E-state index in [9.17, 15) is 9.59 Å². The second kappa shape index (κ2) is 14.7. The smallest absolute Gasteiger partial charge is 0.305 e. The summed E-state index contributed by atoms with van der Waals surface area (Å²) < 4.78 is 10.9. The lowest BCUT2D eigenvalue weighted by atomic mass is 9.91. The molecule has 4 atom stereocenters. The number of carbonyl (C=O) groups is 2. The molecule has 4 fully saturated rings. The molecule has 10 heteroatoms. The Labute approximate surface area is 217 Å². The van der Waals surface area contributed by atoms with Crippen molar-refractivity contribution in [2.45, 2.75) is 82.0 Å². The van der Waals surface area contributed by atoms with E-state index in [1.54, 1.807) is 0 Å². The molecule has 0 aliphatic carbocycles.